The largest absolute Gasteiger partial charge is 0.491 e. The molecule has 0 bridgehead atoms. The molecule has 0 spiro atoms. The van der Waals surface area contributed by atoms with Crippen molar-refractivity contribution in [2.75, 3.05) is 10.6 Å². The molecule has 0 aliphatic carbocycles. The molecule has 0 saturated heterocycles. The molecule has 2 rings (SSSR count). The number of carbonyl (C=O) groups excluding carboxylic acids is 2. The fourth-order valence-corrected chi connectivity index (χ4v) is 2.18. The Balaban J connectivity index is 2.10. The maximum Gasteiger partial charge on any atom is 0.255 e. The van der Waals surface area contributed by atoms with E-state index in [9.17, 15) is 9.59 Å². The molecule has 5 heteroatoms. The van der Waals surface area contributed by atoms with Crippen LogP contribution >= 0.6 is 0 Å². The summed E-state index contributed by atoms with van der Waals surface area (Å²) in [4.78, 5) is 24.6. The fourth-order valence-electron chi connectivity index (χ4n) is 2.18. The van der Waals surface area contributed by atoms with Gasteiger partial charge in [0, 0.05) is 22.4 Å². The van der Waals surface area contributed by atoms with Crippen molar-refractivity contribution < 1.29 is 14.3 Å². The number of hydrogen-bond acceptors (Lipinski definition) is 3. The van der Waals surface area contributed by atoms with E-state index in [1.165, 1.54) is 0 Å². The average Bonchev–Trinajstić information content (AvgIpc) is 2.54. The molecular weight excluding hydrogens is 328 g/mol. The van der Waals surface area contributed by atoms with Gasteiger partial charge in [0.2, 0.25) is 5.91 Å². The summed E-state index contributed by atoms with van der Waals surface area (Å²) in [6.45, 7) is 9.41. The minimum absolute atomic E-state index is 0.0384. The lowest BCUT2D eigenvalue weighted by atomic mass is 9.95. The van der Waals surface area contributed by atoms with Gasteiger partial charge in [0.05, 0.1) is 6.10 Å². The predicted octanol–water partition coefficient (Wildman–Crippen LogP) is 4.71. The van der Waals surface area contributed by atoms with Gasteiger partial charge in [-0.05, 0) is 50.2 Å². The molecule has 0 aliphatic heterocycles. The predicted molar refractivity (Wildman–Crippen MR) is 105 cm³/mol. The molecule has 5 nitrogen and oxygen atoms in total. The lowest BCUT2D eigenvalue weighted by Gasteiger charge is -2.18. The highest BCUT2D eigenvalue weighted by Gasteiger charge is 2.21. The monoisotopic (exact) mass is 354 g/mol. The highest BCUT2D eigenvalue weighted by molar-refractivity contribution is 6.05. The number of ether oxygens (including phenoxy) is 1. The van der Waals surface area contributed by atoms with Gasteiger partial charge in [-0.25, -0.2) is 0 Å². The molecule has 0 aliphatic rings. The van der Waals surface area contributed by atoms with Crippen molar-refractivity contribution in [2.45, 2.75) is 40.7 Å². The summed E-state index contributed by atoms with van der Waals surface area (Å²) in [6, 6.07) is 14.1. The van der Waals surface area contributed by atoms with Crippen molar-refractivity contribution in [3.8, 4) is 5.75 Å². The van der Waals surface area contributed by atoms with Crippen LogP contribution in [0.15, 0.2) is 48.5 Å². The first kappa shape index (κ1) is 19.5. The van der Waals surface area contributed by atoms with Gasteiger partial charge in [-0.2, -0.15) is 0 Å². The Morgan fingerprint density at radius 1 is 0.923 bits per heavy atom. The van der Waals surface area contributed by atoms with E-state index in [-0.39, 0.29) is 17.9 Å². The van der Waals surface area contributed by atoms with E-state index in [2.05, 4.69) is 10.6 Å². The van der Waals surface area contributed by atoms with Crippen LogP contribution in [0.3, 0.4) is 0 Å². The van der Waals surface area contributed by atoms with E-state index in [0.717, 1.165) is 0 Å². The maximum absolute atomic E-state index is 12.5. The molecule has 0 saturated carbocycles. The summed E-state index contributed by atoms with van der Waals surface area (Å²) >= 11 is 0. The van der Waals surface area contributed by atoms with Crippen LogP contribution in [-0.2, 0) is 4.79 Å². The Hall–Kier alpha value is -2.82. The van der Waals surface area contributed by atoms with Gasteiger partial charge in [0.25, 0.3) is 5.91 Å². The summed E-state index contributed by atoms with van der Waals surface area (Å²) in [5.74, 6) is 0.330. The number of amides is 2. The minimum Gasteiger partial charge on any atom is -0.491 e. The van der Waals surface area contributed by atoms with E-state index in [0.29, 0.717) is 22.7 Å². The van der Waals surface area contributed by atoms with Crippen LogP contribution < -0.4 is 15.4 Å². The van der Waals surface area contributed by atoms with E-state index >= 15 is 0 Å². The first-order valence-corrected chi connectivity index (χ1v) is 8.65. The van der Waals surface area contributed by atoms with Crippen molar-refractivity contribution in [1.82, 2.24) is 0 Å². The number of rotatable bonds is 5. The summed E-state index contributed by atoms with van der Waals surface area (Å²) in [5.41, 5.74) is 1.26. The second-order valence-electron chi connectivity index (χ2n) is 7.43. The van der Waals surface area contributed by atoms with Crippen LogP contribution in [0.5, 0.6) is 5.75 Å². The van der Waals surface area contributed by atoms with Crippen LogP contribution in [0.25, 0.3) is 0 Å². The molecule has 2 aromatic carbocycles. The van der Waals surface area contributed by atoms with Gasteiger partial charge >= 0.3 is 0 Å². The van der Waals surface area contributed by atoms with Gasteiger partial charge < -0.3 is 15.4 Å². The smallest absolute Gasteiger partial charge is 0.255 e. The van der Waals surface area contributed by atoms with Crippen LogP contribution in [-0.4, -0.2) is 17.9 Å². The van der Waals surface area contributed by atoms with Crippen LogP contribution in [0.4, 0.5) is 11.4 Å². The minimum atomic E-state index is -0.490. The first-order valence-electron chi connectivity index (χ1n) is 8.65. The molecule has 0 heterocycles. The summed E-state index contributed by atoms with van der Waals surface area (Å²) < 4.78 is 5.62. The average molecular weight is 354 g/mol. The first-order chi connectivity index (χ1) is 12.1. The van der Waals surface area contributed by atoms with Crippen LogP contribution in [0.2, 0.25) is 0 Å². The number of benzene rings is 2. The molecule has 2 N–H and O–H groups in total. The van der Waals surface area contributed by atoms with E-state index < -0.39 is 5.41 Å². The van der Waals surface area contributed by atoms with Crippen LogP contribution in [0, 0.1) is 5.41 Å². The van der Waals surface area contributed by atoms with Gasteiger partial charge in [0.15, 0.2) is 0 Å². The maximum atomic E-state index is 12.5. The third-order valence-electron chi connectivity index (χ3n) is 3.53. The molecular formula is C21H26N2O3. The highest BCUT2D eigenvalue weighted by atomic mass is 16.5. The molecule has 2 amide bonds. The summed E-state index contributed by atoms with van der Waals surface area (Å²) in [5, 5.41) is 5.70. The van der Waals surface area contributed by atoms with Crippen LogP contribution in [0.1, 0.15) is 45.0 Å². The van der Waals surface area contributed by atoms with Gasteiger partial charge in [0.1, 0.15) is 5.75 Å². The van der Waals surface area contributed by atoms with Gasteiger partial charge in [-0.3, -0.25) is 9.59 Å². The summed E-state index contributed by atoms with van der Waals surface area (Å²) in [6.07, 6.45) is 0.0384. The second-order valence-corrected chi connectivity index (χ2v) is 7.43. The normalized spacial score (nSPS) is 11.2. The Labute approximate surface area is 154 Å². The van der Waals surface area contributed by atoms with E-state index in [4.69, 9.17) is 4.74 Å². The molecule has 0 atom stereocenters. The molecule has 0 radical (unpaired) electrons. The molecule has 0 fully saturated rings. The topological polar surface area (TPSA) is 67.4 Å². The highest BCUT2D eigenvalue weighted by Crippen LogP contribution is 2.21. The molecule has 26 heavy (non-hydrogen) atoms. The molecule has 138 valence electrons. The Bertz CT molecular complexity index is 792. The van der Waals surface area contributed by atoms with E-state index in [1.807, 2.05) is 40.7 Å². The van der Waals surface area contributed by atoms with Gasteiger partial charge in [-0.15, -0.1) is 0 Å². The number of hydrogen-bond donors (Lipinski definition) is 2. The Morgan fingerprint density at radius 3 is 2.15 bits per heavy atom. The van der Waals surface area contributed by atoms with Crippen molar-refractivity contribution >= 4 is 23.2 Å². The second kappa shape index (κ2) is 8.04. The van der Waals surface area contributed by atoms with Crippen molar-refractivity contribution in [1.29, 1.82) is 0 Å². The Kier molecular flexibility index (Phi) is 6.03. The van der Waals surface area contributed by atoms with Crippen molar-refractivity contribution in [2.24, 2.45) is 5.41 Å². The number of anilines is 2. The lowest BCUT2D eigenvalue weighted by Crippen LogP contribution is -2.27. The molecule has 2 aromatic rings. The third kappa shape index (κ3) is 5.62. The van der Waals surface area contributed by atoms with Gasteiger partial charge in [-0.1, -0.05) is 32.9 Å². The number of carbonyl (C=O) groups is 2. The SMILES string of the molecule is CC(C)Oc1cccc(C(=O)Nc2cccc(NC(=O)C(C)(C)C)c2)c1. The van der Waals surface area contributed by atoms with E-state index in [1.54, 1.807) is 42.5 Å². The van der Waals surface area contributed by atoms with Crippen molar-refractivity contribution in [3.63, 3.8) is 0 Å². The third-order valence-corrected chi connectivity index (χ3v) is 3.53. The molecule has 0 unspecified atom stereocenters. The lowest BCUT2D eigenvalue weighted by molar-refractivity contribution is -0.123. The zero-order chi connectivity index (χ0) is 19.3. The number of nitrogens with one attached hydrogen (secondary N) is 2. The fraction of sp³-hybridized carbons (Fsp3) is 0.333. The molecule has 0 aromatic heterocycles. The Morgan fingerprint density at radius 2 is 1.54 bits per heavy atom. The zero-order valence-corrected chi connectivity index (χ0v) is 15.9. The summed E-state index contributed by atoms with van der Waals surface area (Å²) in [7, 11) is 0. The zero-order valence-electron chi connectivity index (χ0n) is 15.9. The van der Waals surface area contributed by atoms with Crippen molar-refractivity contribution in [3.05, 3.63) is 54.1 Å². The quantitative estimate of drug-likeness (QED) is 0.817. The standard InChI is InChI=1S/C21H26N2O3/c1-14(2)26-18-11-6-8-15(12-18)19(24)22-16-9-7-10-17(13-16)23-20(25)21(3,4)5/h6-14H,1-5H3,(H,22,24)(H,23,25).